The summed E-state index contributed by atoms with van der Waals surface area (Å²) in [5.41, 5.74) is -1.50. The molecule has 158 valence electrons. The molecule has 0 bridgehead atoms. The maximum absolute atomic E-state index is 12.9. The Bertz CT molecular complexity index is 1060. The zero-order valence-corrected chi connectivity index (χ0v) is 18.2. The van der Waals surface area contributed by atoms with Crippen LogP contribution in [0.2, 0.25) is 20.1 Å². The summed E-state index contributed by atoms with van der Waals surface area (Å²) in [6.45, 7) is -0.802. The lowest BCUT2D eigenvalue weighted by molar-refractivity contribution is -0.137. The number of hydrogen-bond donors (Lipinski definition) is 1. The predicted molar refractivity (Wildman–Crippen MR) is 109 cm³/mol. The van der Waals surface area contributed by atoms with Gasteiger partial charge in [-0.1, -0.05) is 46.4 Å². The predicted octanol–water partition coefficient (Wildman–Crippen LogP) is 5.72. The molecule has 0 atom stereocenters. The van der Waals surface area contributed by atoms with Gasteiger partial charge in [0.05, 0.1) is 43.3 Å². The molecule has 0 unspecified atom stereocenters. The van der Waals surface area contributed by atoms with Gasteiger partial charge in [0.25, 0.3) is 0 Å². The van der Waals surface area contributed by atoms with E-state index in [1.807, 2.05) is 0 Å². The van der Waals surface area contributed by atoms with Crippen LogP contribution in [0.5, 0.6) is 0 Å². The molecule has 0 aliphatic carbocycles. The van der Waals surface area contributed by atoms with Crippen molar-refractivity contribution in [1.29, 1.82) is 0 Å². The van der Waals surface area contributed by atoms with Crippen molar-refractivity contribution in [3.63, 3.8) is 0 Å². The quantitative estimate of drug-likeness (QED) is 0.524. The van der Waals surface area contributed by atoms with Crippen molar-refractivity contribution in [1.82, 2.24) is 0 Å². The number of alkyl halides is 3. The maximum Gasteiger partial charge on any atom is 0.416 e. The summed E-state index contributed by atoms with van der Waals surface area (Å²) >= 11 is 23.6. The highest BCUT2D eigenvalue weighted by molar-refractivity contribution is 7.92. The third-order valence-corrected chi connectivity index (χ3v) is 5.99. The molecule has 0 fully saturated rings. The van der Waals surface area contributed by atoms with Crippen molar-refractivity contribution in [2.75, 3.05) is 22.4 Å². The molecule has 0 spiro atoms. The van der Waals surface area contributed by atoms with E-state index in [4.69, 9.17) is 46.4 Å². The number of anilines is 2. The highest BCUT2D eigenvalue weighted by atomic mass is 35.5. The Morgan fingerprint density at radius 2 is 1.59 bits per heavy atom. The van der Waals surface area contributed by atoms with Crippen molar-refractivity contribution in [2.45, 2.75) is 6.18 Å². The summed E-state index contributed by atoms with van der Waals surface area (Å²) in [7, 11) is -4.03. The van der Waals surface area contributed by atoms with E-state index in [0.29, 0.717) is 10.4 Å². The number of halogens is 7. The molecule has 0 radical (unpaired) electrons. The highest BCUT2D eigenvalue weighted by Crippen LogP contribution is 2.36. The molecule has 5 nitrogen and oxygen atoms in total. The summed E-state index contributed by atoms with van der Waals surface area (Å²) in [5, 5.41) is 1.95. The lowest BCUT2D eigenvalue weighted by atomic mass is 10.2. The first-order chi connectivity index (χ1) is 13.2. The summed E-state index contributed by atoms with van der Waals surface area (Å²) in [6, 6.07) is 4.69. The van der Waals surface area contributed by atoms with E-state index in [2.05, 4.69) is 5.32 Å². The molecule has 1 N–H and O–H groups in total. The molecule has 0 saturated heterocycles. The Labute approximate surface area is 184 Å². The van der Waals surface area contributed by atoms with Gasteiger partial charge in [-0.2, -0.15) is 13.2 Å². The Morgan fingerprint density at radius 3 is 2.14 bits per heavy atom. The van der Waals surface area contributed by atoms with Crippen molar-refractivity contribution < 1.29 is 26.4 Å². The molecular weight excluding hydrogens is 499 g/mol. The Kier molecular flexibility index (Phi) is 7.22. The third-order valence-electron chi connectivity index (χ3n) is 3.51. The number of nitrogens with one attached hydrogen (secondary N) is 1. The van der Waals surface area contributed by atoms with Gasteiger partial charge in [-0.25, -0.2) is 8.42 Å². The van der Waals surface area contributed by atoms with E-state index in [1.165, 1.54) is 6.07 Å². The van der Waals surface area contributed by atoms with E-state index in [1.54, 1.807) is 0 Å². The molecule has 0 saturated carbocycles. The fourth-order valence-corrected chi connectivity index (χ4v) is 3.92. The van der Waals surface area contributed by atoms with Crippen LogP contribution in [-0.4, -0.2) is 27.1 Å². The van der Waals surface area contributed by atoms with Crippen molar-refractivity contribution in [3.8, 4) is 0 Å². The summed E-state index contributed by atoms with van der Waals surface area (Å²) in [5.74, 6) is -0.959. The highest BCUT2D eigenvalue weighted by Gasteiger charge is 2.31. The van der Waals surface area contributed by atoms with Crippen LogP contribution in [0.3, 0.4) is 0 Å². The minimum Gasteiger partial charge on any atom is -0.323 e. The monoisotopic (exact) mass is 508 g/mol. The number of hydrogen-bond acceptors (Lipinski definition) is 3. The second kappa shape index (κ2) is 8.77. The van der Waals surface area contributed by atoms with E-state index >= 15 is 0 Å². The standard InChI is InChI=1S/C16H11Cl4F3N2O3S/c1-29(27,28)25(14-6-11(19)10(18)5-12(14)20)7-15(26)24-13-4-8(16(21,22)23)2-3-9(13)17/h2-6H,7H2,1H3,(H,24,26). The van der Waals surface area contributed by atoms with Crippen LogP contribution in [-0.2, 0) is 21.0 Å². The summed E-state index contributed by atoms with van der Waals surface area (Å²) < 4.78 is 63.5. The van der Waals surface area contributed by atoms with Gasteiger partial charge in [0.15, 0.2) is 0 Å². The topological polar surface area (TPSA) is 66.5 Å². The molecule has 2 aromatic rings. The molecule has 0 aromatic heterocycles. The van der Waals surface area contributed by atoms with Gasteiger partial charge in [-0.15, -0.1) is 0 Å². The lowest BCUT2D eigenvalue weighted by Gasteiger charge is -2.23. The fourth-order valence-electron chi connectivity index (χ4n) is 2.20. The van der Waals surface area contributed by atoms with Gasteiger partial charge in [-0.3, -0.25) is 9.10 Å². The van der Waals surface area contributed by atoms with Crippen molar-refractivity contribution in [3.05, 3.63) is 56.0 Å². The number of carbonyl (C=O) groups is 1. The molecule has 29 heavy (non-hydrogen) atoms. The fraction of sp³-hybridized carbons (Fsp3) is 0.188. The maximum atomic E-state index is 12.9. The number of amides is 1. The minimum atomic E-state index is -4.66. The smallest absolute Gasteiger partial charge is 0.323 e. The van der Waals surface area contributed by atoms with Crippen LogP contribution in [0.15, 0.2) is 30.3 Å². The van der Waals surface area contributed by atoms with Crippen LogP contribution < -0.4 is 9.62 Å². The van der Waals surface area contributed by atoms with E-state index in [0.717, 1.165) is 24.5 Å². The van der Waals surface area contributed by atoms with Crippen LogP contribution in [0.1, 0.15) is 5.56 Å². The van der Waals surface area contributed by atoms with E-state index in [9.17, 15) is 26.4 Å². The van der Waals surface area contributed by atoms with Gasteiger partial charge < -0.3 is 5.32 Å². The molecule has 2 aromatic carbocycles. The normalized spacial score (nSPS) is 12.0. The molecule has 0 aliphatic heterocycles. The number of nitrogens with zero attached hydrogens (tertiary/aromatic N) is 1. The van der Waals surface area contributed by atoms with Gasteiger partial charge in [0, 0.05) is 0 Å². The third kappa shape index (κ3) is 6.05. The van der Waals surface area contributed by atoms with Gasteiger partial charge in [-0.05, 0) is 30.3 Å². The second-order valence-corrected chi connectivity index (χ2v) is 9.26. The minimum absolute atomic E-state index is 0.0129. The summed E-state index contributed by atoms with van der Waals surface area (Å²) in [6.07, 6.45) is -3.84. The first kappa shape index (κ1) is 23.9. The number of rotatable bonds is 5. The number of carbonyl (C=O) groups excluding carboxylic acids is 1. The zero-order chi connectivity index (χ0) is 22.1. The van der Waals surface area contributed by atoms with Crippen LogP contribution in [0, 0.1) is 0 Å². The van der Waals surface area contributed by atoms with Gasteiger partial charge in [0.2, 0.25) is 15.9 Å². The molecule has 1 amide bonds. The van der Waals surface area contributed by atoms with Crippen molar-refractivity contribution >= 4 is 73.7 Å². The number of sulfonamides is 1. The van der Waals surface area contributed by atoms with Gasteiger partial charge in [0.1, 0.15) is 6.54 Å². The van der Waals surface area contributed by atoms with E-state index in [-0.39, 0.29) is 31.5 Å². The zero-order valence-electron chi connectivity index (χ0n) is 14.3. The summed E-state index contributed by atoms with van der Waals surface area (Å²) in [4.78, 5) is 12.4. The lowest BCUT2D eigenvalue weighted by Crippen LogP contribution is -2.37. The van der Waals surface area contributed by atoms with Crippen LogP contribution in [0.4, 0.5) is 24.5 Å². The Balaban J connectivity index is 2.35. The molecule has 0 aliphatic rings. The van der Waals surface area contributed by atoms with E-state index < -0.39 is 34.2 Å². The Morgan fingerprint density at radius 1 is 1.00 bits per heavy atom. The molecular formula is C16H11Cl4F3N2O3S. The molecule has 13 heteroatoms. The SMILES string of the molecule is CS(=O)(=O)N(CC(=O)Nc1cc(C(F)(F)F)ccc1Cl)c1cc(Cl)c(Cl)cc1Cl. The first-order valence-electron chi connectivity index (χ1n) is 7.49. The molecule has 0 heterocycles. The largest absolute Gasteiger partial charge is 0.416 e. The van der Waals surface area contributed by atoms with Crippen molar-refractivity contribution in [2.24, 2.45) is 0 Å². The van der Waals surface area contributed by atoms with Crippen LogP contribution >= 0.6 is 46.4 Å². The number of benzene rings is 2. The average molecular weight is 510 g/mol. The van der Waals surface area contributed by atoms with Crippen LogP contribution in [0.25, 0.3) is 0 Å². The first-order valence-corrected chi connectivity index (χ1v) is 10.8. The molecule has 2 rings (SSSR count). The second-order valence-electron chi connectivity index (χ2n) is 5.73. The average Bonchev–Trinajstić information content (AvgIpc) is 2.56. The Hall–Kier alpha value is -1.39. The van der Waals surface area contributed by atoms with Gasteiger partial charge >= 0.3 is 6.18 Å².